The maximum absolute atomic E-state index is 12.2. The van der Waals surface area contributed by atoms with Crippen LogP contribution >= 0.6 is 0 Å². The highest BCUT2D eigenvalue weighted by Crippen LogP contribution is 2.33. The smallest absolute Gasteiger partial charge is 0.255 e. The van der Waals surface area contributed by atoms with Gasteiger partial charge in [0.05, 0.1) is 18.9 Å². The number of nitrogens with one attached hydrogen (secondary N) is 1. The summed E-state index contributed by atoms with van der Waals surface area (Å²) < 4.78 is 35.1. The third-order valence-electron chi connectivity index (χ3n) is 4.52. The molecule has 1 aromatic heterocycles. The van der Waals surface area contributed by atoms with Crippen molar-refractivity contribution in [1.29, 1.82) is 0 Å². The molecule has 0 saturated carbocycles. The second-order valence-electron chi connectivity index (χ2n) is 6.64. The van der Waals surface area contributed by atoms with Gasteiger partial charge in [0.2, 0.25) is 15.0 Å². The van der Waals surface area contributed by atoms with E-state index in [0.29, 0.717) is 62.0 Å². The molecule has 0 radical (unpaired) electrons. The Bertz CT molecular complexity index is 1020. The quantitative estimate of drug-likeness (QED) is 0.695. The minimum Gasteiger partial charge on any atom is -0.490 e. The molecule has 2 heterocycles. The highest BCUT2D eigenvalue weighted by atomic mass is 32.2. The Hall–Kier alpha value is -2.39. The number of hydrogen-bond donors (Lipinski definition) is 1. The molecule has 8 nitrogen and oxygen atoms in total. The van der Waals surface area contributed by atoms with Gasteiger partial charge in [-0.25, -0.2) is 13.4 Å². The minimum atomic E-state index is -3.58. The number of benzene rings is 1. The molecule has 0 aliphatic carbocycles. The zero-order chi connectivity index (χ0) is 20.3. The Balaban J connectivity index is 1.88. The molecule has 1 aliphatic heterocycles. The summed E-state index contributed by atoms with van der Waals surface area (Å²) in [5, 5.41) is -0.286. The van der Waals surface area contributed by atoms with E-state index in [4.69, 9.17) is 9.47 Å². The molecule has 1 aromatic carbocycles. The van der Waals surface area contributed by atoms with Gasteiger partial charge in [-0.2, -0.15) is 0 Å². The monoisotopic (exact) mass is 407 g/mol. The van der Waals surface area contributed by atoms with E-state index in [1.54, 1.807) is 0 Å². The van der Waals surface area contributed by atoms with Crippen LogP contribution in [0.2, 0.25) is 0 Å². The average molecular weight is 407 g/mol. The molecule has 0 fully saturated rings. The van der Waals surface area contributed by atoms with Gasteiger partial charge in [0.25, 0.3) is 5.56 Å². The molecule has 152 valence electrons. The van der Waals surface area contributed by atoms with Crippen molar-refractivity contribution in [2.24, 2.45) is 0 Å². The molecular formula is C19H25N3O5S. The Morgan fingerprint density at radius 2 is 1.96 bits per heavy atom. The fourth-order valence-electron chi connectivity index (χ4n) is 3.29. The van der Waals surface area contributed by atoms with Gasteiger partial charge in [-0.05, 0) is 26.3 Å². The lowest BCUT2D eigenvalue weighted by atomic mass is 10.1. The van der Waals surface area contributed by atoms with Gasteiger partial charge >= 0.3 is 0 Å². The topological polar surface area (TPSA) is 102 Å². The molecule has 0 spiro atoms. The van der Waals surface area contributed by atoms with Gasteiger partial charge in [0, 0.05) is 37.0 Å². The molecule has 0 saturated heterocycles. The van der Waals surface area contributed by atoms with Crippen LogP contribution in [-0.4, -0.2) is 49.3 Å². The molecule has 0 atom stereocenters. The maximum Gasteiger partial charge on any atom is 0.255 e. The number of para-hydroxylation sites is 1. The van der Waals surface area contributed by atoms with Crippen LogP contribution in [-0.2, 0) is 29.3 Å². The van der Waals surface area contributed by atoms with Gasteiger partial charge in [-0.1, -0.05) is 12.1 Å². The van der Waals surface area contributed by atoms with Crippen molar-refractivity contribution in [2.75, 3.05) is 26.0 Å². The van der Waals surface area contributed by atoms with Gasteiger partial charge in [-0.15, -0.1) is 0 Å². The Labute approximate surface area is 164 Å². The third kappa shape index (κ3) is 4.36. The summed E-state index contributed by atoms with van der Waals surface area (Å²) in [6.07, 6.45) is 1.54. The minimum absolute atomic E-state index is 0.286. The lowest BCUT2D eigenvalue weighted by molar-refractivity contribution is 0.230. The van der Waals surface area contributed by atoms with Crippen molar-refractivity contribution in [1.82, 2.24) is 14.9 Å². The van der Waals surface area contributed by atoms with E-state index in [9.17, 15) is 13.2 Å². The number of ether oxygens (including phenoxy) is 2. The van der Waals surface area contributed by atoms with E-state index in [2.05, 4.69) is 14.9 Å². The normalized spacial score (nSPS) is 14.5. The highest BCUT2D eigenvalue weighted by Gasteiger charge is 2.24. The lowest BCUT2D eigenvalue weighted by Gasteiger charge is -2.28. The van der Waals surface area contributed by atoms with Crippen LogP contribution < -0.4 is 15.0 Å². The zero-order valence-electron chi connectivity index (χ0n) is 16.3. The van der Waals surface area contributed by atoms with Crippen LogP contribution in [0.1, 0.15) is 30.7 Å². The molecule has 0 unspecified atom stereocenters. The first-order valence-corrected chi connectivity index (χ1v) is 11.1. The summed E-state index contributed by atoms with van der Waals surface area (Å²) in [6, 6.07) is 5.78. The lowest BCUT2D eigenvalue weighted by Crippen LogP contribution is -2.35. The van der Waals surface area contributed by atoms with Crippen molar-refractivity contribution in [2.45, 2.75) is 38.5 Å². The number of aromatic amines is 1. The number of rotatable bonds is 7. The van der Waals surface area contributed by atoms with Crippen LogP contribution in [0.5, 0.6) is 11.5 Å². The summed E-state index contributed by atoms with van der Waals surface area (Å²) in [5.41, 5.74) is 1.66. The highest BCUT2D eigenvalue weighted by molar-refractivity contribution is 7.90. The summed E-state index contributed by atoms with van der Waals surface area (Å²) in [6.45, 7) is 6.56. The van der Waals surface area contributed by atoms with E-state index in [0.717, 1.165) is 11.8 Å². The second kappa shape index (κ2) is 8.32. The fraction of sp³-hybridized carbons (Fsp3) is 0.474. The van der Waals surface area contributed by atoms with E-state index in [1.807, 2.05) is 32.0 Å². The molecule has 1 aliphatic rings. The Morgan fingerprint density at radius 3 is 2.64 bits per heavy atom. The molecule has 0 amide bonds. The fourth-order valence-corrected chi connectivity index (χ4v) is 3.84. The number of hydrogen-bond acceptors (Lipinski definition) is 7. The van der Waals surface area contributed by atoms with Gasteiger partial charge in [-0.3, -0.25) is 14.7 Å². The predicted molar refractivity (Wildman–Crippen MR) is 105 cm³/mol. The van der Waals surface area contributed by atoms with Crippen LogP contribution in [0.4, 0.5) is 0 Å². The molecule has 0 bridgehead atoms. The van der Waals surface area contributed by atoms with Crippen molar-refractivity contribution < 1.29 is 17.9 Å². The number of fused-ring (bicyclic) bond motifs is 1. The van der Waals surface area contributed by atoms with E-state index >= 15 is 0 Å². The van der Waals surface area contributed by atoms with Crippen LogP contribution in [0, 0.1) is 0 Å². The van der Waals surface area contributed by atoms with Crippen LogP contribution in [0.25, 0.3) is 0 Å². The maximum atomic E-state index is 12.2. The Kier molecular flexibility index (Phi) is 6.04. The van der Waals surface area contributed by atoms with Gasteiger partial charge in [0.1, 0.15) is 0 Å². The molecular weight excluding hydrogens is 382 g/mol. The summed E-state index contributed by atoms with van der Waals surface area (Å²) >= 11 is 0. The van der Waals surface area contributed by atoms with Crippen molar-refractivity contribution in [3.8, 4) is 11.5 Å². The van der Waals surface area contributed by atoms with Crippen molar-refractivity contribution in [3.63, 3.8) is 0 Å². The standard InChI is InChI=1S/C19H25N3O5S/c1-4-26-16-8-6-7-13(17(16)27-5-2)11-22-10-9-14-15(12-22)20-19(21-18(14)23)28(3,24)25/h6-8H,4-5,9-12H2,1-3H3,(H,20,21,23). The third-order valence-corrected chi connectivity index (χ3v) is 5.42. The molecule has 2 aromatic rings. The largest absolute Gasteiger partial charge is 0.490 e. The summed E-state index contributed by atoms with van der Waals surface area (Å²) in [5.74, 6) is 1.42. The van der Waals surface area contributed by atoms with Crippen molar-refractivity contribution in [3.05, 3.63) is 45.4 Å². The first-order chi connectivity index (χ1) is 13.3. The average Bonchev–Trinajstić information content (AvgIpc) is 2.63. The number of H-pyrrole nitrogens is 1. The van der Waals surface area contributed by atoms with Crippen molar-refractivity contribution >= 4 is 9.84 Å². The molecule has 9 heteroatoms. The zero-order valence-corrected chi connectivity index (χ0v) is 17.1. The second-order valence-corrected chi connectivity index (χ2v) is 8.57. The van der Waals surface area contributed by atoms with Crippen LogP contribution in [0.3, 0.4) is 0 Å². The van der Waals surface area contributed by atoms with E-state index in [1.165, 1.54) is 0 Å². The van der Waals surface area contributed by atoms with E-state index in [-0.39, 0.29) is 10.7 Å². The molecule has 1 N–H and O–H groups in total. The van der Waals surface area contributed by atoms with Gasteiger partial charge in [0.15, 0.2) is 11.5 Å². The summed E-state index contributed by atoms with van der Waals surface area (Å²) in [4.78, 5) is 20.9. The first-order valence-electron chi connectivity index (χ1n) is 9.25. The SMILES string of the molecule is CCOc1cccc(CN2CCc3c(nc(S(C)(=O)=O)[nH]c3=O)C2)c1OCC. The molecule has 3 rings (SSSR count). The summed E-state index contributed by atoms with van der Waals surface area (Å²) in [7, 11) is -3.58. The number of sulfone groups is 1. The number of aromatic nitrogens is 2. The van der Waals surface area contributed by atoms with Gasteiger partial charge < -0.3 is 9.47 Å². The van der Waals surface area contributed by atoms with E-state index < -0.39 is 9.84 Å². The number of nitrogens with zero attached hydrogens (tertiary/aromatic N) is 2. The Morgan fingerprint density at radius 1 is 1.21 bits per heavy atom. The predicted octanol–water partition coefficient (Wildman–Crippen LogP) is 1.53. The molecule has 28 heavy (non-hydrogen) atoms. The first kappa shape index (κ1) is 20.3. The van der Waals surface area contributed by atoms with Crippen LogP contribution in [0.15, 0.2) is 28.2 Å².